The lowest BCUT2D eigenvalue weighted by Crippen LogP contribution is -2.07. The van der Waals surface area contributed by atoms with E-state index in [0.717, 1.165) is 17.3 Å². The fourth-order valence-electron chi connectivity index (χ4n) is 3.04. The van der Waals surface area contributed by atoms with Crippen molar-refractivity contribution >= 4 is 28.0 Å². The van der Waals surface area contributed by atoms with Gasteiger partial charge in [0.05, 0.1) is 23.9 Å². The van der Waals surface area contributed by atoms with Crippen LogP contribution in [0.5, 0.6) is 5.75 Å². The first-order valence-electron chi connectivity index (χ1n) is 8.43. The van der Waals surface area contributed by atoms with Gasteiger partial charge in [0.1, 0.15) is 11.4 Å². The van der Waals surface area contributed by atoms with Crippen molar-refractivity contribution in [3.63, 3.8) is 0 Å². The van der Waals surface area contributed by atoms with Crippen molar-refractivity contribution < 1.29 is 18.7 Å². The van der Waals surface area contributed by atoms with Crippen molar-refractivity contribution in [2.24, 2.45) is 0 Å². The van der Waals surface area contributed by atoms with Crippen LogP contribution in [0, 0.1) is 6.92 Å². The fourth-order valence-corrected chi connectivity index (χ4v) is 3.40. The van der Waals surface area contributed by atoms with E-state index in [0.29, 0.717) is 40.7 Å². The smallest absolute Gasteiger partial charge is 0.264 e. The molecule has 7 nitrogen and oxygen atoms in total. The molecule has 4 rings (SSSR count). The molecule has 27 heavy (non-hydrogen) atoms. The molecule has 0 spiro atoms. The summed E-state index contributed by atoms with van der Waals surface area (Å²) in [6, 6.07) is 5.14. The average molecular weight is 430 g/mol. The van der Waals surface area contributed by atoms with E-state index in [2.05, 4.69) is 31.1 Å². The van der Waals surface area contributed by atoms with Crippen LogP contribution in [0.2, 0.25) is 0 Å². The minimum absolute atomic E-state index is 0.167. The van der Waals surface area contributed by atoms with E-state index in [9.17, 15) is 9.59 Å². The third-order valence-corrected chi connectivity index (χ3v) is 5.10. The van der Waals surface area contributed by atoms with Crippen molar-refractivity contribution in [3.8, 4) is 17.3 Å². The number of aldehydes is 1. The number of halogens is 1. The highest BCUT2D eigenvalue weighted by Crippen LogP contribution is 2.40. The molecule has 0 amide bonds. The predicted octanol–water partition coefficient (Wildman–Crippen LogP) is 4.07. The Labute approximate surface area is 163 Å². The number of hydrogen-bond donors (Lipinski definition) is 1. The fraction of sp³-hybridized carbons (Fsp3) is 0.263. The Bertz CT molecular complexity index is 1050. The summed E-state index contributed by atoms with van der Waals surface area (Å²) in [4.78, 5) is 27.8. The van der Waals surface area contributed by atoms with Crippen molar-refractivity contribution in [1.29, 1.82) is 0 Å². The number of ketones is 1. The van der Waals surface area contributed by atoms with Crippen molar-refractivity contribution in [3.05, 3.63) is 50.9 Å². The second-order valence-electron chi connectivity index (χ2n) is 6.42. The first-order valence-corrected chi connectivity index (χ1v) is 9.22. The lowest BCUT2D eigenvalue weighted by Gasteiger charge is -2.08. The van der Waals surface area contributed by atoms with Gasteiger partial charge in [-0.2, -0.15) is 0 Å². The van der Waals surface area contributed by atoms with Gasteiger partial charge in [0.25, 0.3) is 5.89 Å². The summed E-state index contributed by atoms with van der Waals surface area (Å²) >= 11 is 3.37. The second-order valence-corrected chi connectivity index (χ2v) is 7.34. The Hall–Kier alpha value is -2.74. The van der Waals surface area contributed by atoms with Gasteiger partial charge in [0.15, 0.2) is 12.1 Å². The molecular formula is C19H16BrN3O4. The molecule has 0 saturated heterocycles. The Morgan fingerprint density at radius 2 is 2.15 bits per heavy atom. The van der Waals surface area contributed by atoms with Crippen molar-refractivity contribution in [2.45, 2.75) is 25.7 Å². The molecule has 1 saturated carbocycles. The van der Waals surface area contributed by atoms with E-state index in [-0.39, 0.29) is 22.9 Å². The van der Waals surface area contributed by atoms with Crippen LogP contribution >= 0.6 is 15.9 Å². The van der Waals surface area contributed by atoms with Gasteiger partial charge in [-0.25, -0.2) is 0 Å². The normalized spacial score (nSPS) is 13.6. The maximum absolute atomic E-state index is 13.2. The third-order valence-electron chi connectivity index (χ3n) is 4.61. The summed E-state index contributed by atoms with van der Waals surface area (Å²) in [6.07, 6.45) is 2.70. The molecule has 0 bridgehead atoms. The summed E-state index contributed by atoms with van der Waals surface area (Å²) in [5.74, 6) is 1.29. The summed E-state index contributed by atoms with van der Waals surface area (Å²) in [5, 5.41) is 8.14. The number of rotatable bonds is 6. The highest BCUT2D eigenvalue weighted by Gasteiger charge is 2.31. The molecule has 2 aromatic heterocycles. The number of H-pyrrole nitrogens is 1. The summed E-state index contributed by atoms with van der Waals surface area (Å²) in [5.41, 5.74) is 1.85. The zero-order valence-electron chi connectivity index (χ0n) is 14.7. The van der Waals surface area contributed by atoms with Gasteiger partial charge < -0.3 is 14.1 Å². The van der Waals surface area contributed by atoms with E-state index in [4.69, 9.17) is 9.15 Å². The van der Waals surface area contributed by atoms with Gasteiger partial charge in [0, 0.05) is 10.4 Å². The largest absolute Gasteiger partial charge is 0.496 e. The summed E-state index contributed by atoms with van der Waals surface area (Å²) in [6.45, 7) is 1.75. The first-order chi connectivity index (χ1) is 13.0. The molecule has 3 aromatic rings. The maximum atomic E-state index is 13.2. The van der Waals surface area contributed by atoms with Gasteiger partial charge in [-0.15, -0.1) is 10.2 Å². The number of ether oxygens (including phenoxy) is 1. The zero-order valence-corrected chi connectivity index (χ0v) is 16.3. The highest BCUT2D eigenvalue weighted by molar-refractivity contribution is 9.10. The first kappa shape index (κ1) is 17.7. The molecule has 1 fully saturated rings. The molecule has 1 aliphatic rings. The molecule has 0 radical (unpaired) electrons. The van der Waals surface area contributed by atoms with Crippen LogP contribution in [-0.4, -0.2) is 34.4 Å². The number of benzene rings is 1. The minimum Gasteiger partial charge on any atom is -0.496 e. The van der Waals surface area contributed by atoms with E-state index < -0.39 is 0 Å². The highest BCUT2D eigenvalue weighted by atomic mass is 79.9. The average Bonchev–Trinajstić information content (AvgIpc) is 3.31. The standard InChI is InChI=1S/C19H16BrN3O4/c1-9-15(17(25)12-7-11(20)5-6-14(12)26-2)13(8-24)21-16(9)19-23-22-18(27-19)10-3-4-10/h5-8,10,21H,3-4H2,1-2H3. The summed E-state index contributed by atoms with van der Waals surface area (Å²) < 4.78 is 11.8. The lowest BCUT2D eigenvalue weighted by molar-refractivity contribution is 0.102. The molecule has 1 aliphatic carbocycles. The molecule has 0 unspecified atom stereocenters. The summed E-state index contributed by atoms with van der Waals surface area (Å²) in [7, 11) is 1.49. The quantitative estimate of drug-likeness (QED) is 0.468. The lowest BCUT2D eigenvalue weighted by atomic mass is 9.98. The molecule has 8 heteroatoms. The van der Waals surface area contributed by atoms with Gasteiger partial charge in [0.2, 0.25) is 5.89 Å². The van der Waals surface area contributed by atoms with Crippen molar-refractivity contribution in [1.82, 2.24) is 15.2 Å². The SMILES string of the molecule is COc1ccc(Br)cc1C(=O)c1c(C=O)[nH]c(-c2nnc(C3CC3)o2)c1C. The van der Waals surface area contributed by atoms with Crippen LogP contribution in [0.3, 0.4) is 0 Å². The maximum Gasteiger partial charge on any atom is 0.264 e. The molecule has 2 heterocycles. The van der Waals surface area contributed by atoms with E-state index in [1.165, 1.54) is 7.11 Å². The van der Waals surface area contributed by atoms with E-state index >= 15 is 0 Å². The van der Waals surface area contributed by atoms with Gasteiger partial charge in [-0.05, 0) is 43.5 Å². The van der Waals surface area contributed by atoms with Crippen molar-refractivity contribution in [2.75, 3.05) is 7.11 Å². The number of carbonyl (C=O) groups is 2. The van der Waals surface area contributed by atoms with Crippen LogP contribution < -0.4 is 4.74 Å². The van der Waals surface area contributed by atoms with Crippen LogP contribution in [0.15, 0.2) is 27.1 Å². The van der Waals surface area contributed by atoms with E-state index in [1.807, 2.05) is 0 Å². The Kier molecular flexibility index (Phi) is 4.43. The Morgan fingerprint density at radius 1 is 1.37 bits per heavy atom. The number of aromatic amines is 1. The zero-order chi connectivity index (χ0) is 19.1. The predicted molar refractivity (Wildman–Crippen MR) is 100 cm³/mol. The molecule has 1 aromatic carbocycles. The second kappa shape index (κ2) is 6.77. The minimum atomic E-state index is -0.322. The van der Waals surface area contributed by atoms with Gasteiger partial charge in [-0.3, -0.25) is 9.59 Å². The van der Waals surface area contributed by atoms with Gasteiger partial charge >= 0.3 is 0 Å². The number of carbonyl (C=O) groups excluding carboxylic acids is 2. The number of methoxy groups -OCH3 is 1. The number of aromatic nitrogens is 3. The number of hydrogen-bond acceptors (Lipinski definition) is 6. The molecule has 138 valence electrons. The topological polar surface area (TPSA) is 98.1 Å². The third kappa shape index (κ3) is 3.10. The van der Waals surface area contributed by atoms with Crippen LogP contribution in [0.1, 0.15) is 56.6 Å². The Morgan fingerprint density at radius 3 is 2.81 bits per heavy atom. The Balaban J connectivity index is 1.80. The molecule has 0 atom stereocenters. The van der Waals surface area contributed by atoms with Crippen LogP contribution in [-0.2, 0) is 0 Å². The van der Waals surface area contributed by atoms with E-state index in [1.54, 1.807) is 25.1 Å². The number of nitrogens with zero attached hydrogens (tertiary/aromatic N) is 2. The molecular weight excluding hydrogens is 414 g/mol. The number of nitrogens with one attached hydrogen (secondary N) is 1. The molecule has 1 N–H and O–H groups in total. The van der Waals surface area contributed by atoms with Crippen LogP contribution in [0.4, 0.5) is 0 Å². The van der Waals surface area contributed by atoms with Gasteiger partial charge in [-0.1, -0.05) is 15.9 Å². The molecule has 0 aliphatic heterocycles. The van der Waals surface area contributed by atoms with Crippen LogP contribution in [0.25, 0.3) is 11.6 Å². The monoisotopic (exact) mass is 429 g/mol.